The van der Waals surface area contributed by atoms with Gasteiger partial charge in [0.15, 0.2) is 5.82 Å². The Hall–Kier alpha value is -2.60. The molecule has 0 spiro atoms. The van der Waals surface area contributed by atoms with Crippen molar-refractivity contribution in [1.29, 1.82) is 0 Å². The lowest BCUT2D eigenvalue weighted by molar-refractivity contribution is 0.475. The fraction of sp³-hybridized carbons (Fsp3) is 0.167. The molecule has 0 fully saturated rings. The van der Waals surface area contributed by atoms with Crippen LogP contribution in [0.1, 0.15) is 18.1 Å². The van der Waals surface area contributed by atoms with Gasteiger partial charge in [-0.05, 0) is 49.7 Å². The van der Waals surface area contributed by atoms with Crippen molar-refractivity contribution in [2.24, 2.45) is 5.10 Å². The van der Waals surface area contributed by atoms with Gasteiger partial charge in [-0.15, -0.1) is 10.2 Å². The highest BCUT2D eigenvalue weighted by molar-refractivity contribution is 8.00. The third-order valence-electron chi connectivity index (χ3n) is 3.93. The van der Waals surface area contributed by atoms with E-state index >= 15 is 0 Å². The quantitative estimate of drug-likeness (QED) is 0.775. The van der Waals surface area contributed by atoms with Gasteiger partial charge in [0.25, 0.3) is 0 Å². The second-order valence-corrected chi connectivity index (χ2v) is 7.09. The van der Waals surface area contributed by atoms with E-state index < -0.39 is 0 Å². The number of phenols is 1. The molecule has 2 aromatic carbocycles. The molecular formula is C18H16N4OS. The van der Waals surface area contributed by atoms with Crippen LogP contribution in [0.3, 0.4) is 0 Å². The summed E-state index contributed by atoms with van der Waals surface area (Å²) in [5.74, 6) is 0.991. The zero-order valence-corrected chi connectivity index (χ0v) is 14.2. The van der Waals surface area contributed by atoms with E-state index in [-0.39, 0.29) is 11.0 Å². The van der Waals surface area contributed by atoms with Gasteiger partial charge < -0.3 is 5.11 Å². The third-order valence-corrected chi connectivity index (χ3v) is 4.97. The molecule has 1 N–H and O–H groups in total. The number of hydrogen-bond acceptors (Lipinski definition) is 5. The maximum atomic E-state index is 9.49. The van der Waals surface area contributed by atoms with Gasteiger partial charge in [-0.2, -0.15) is 9.78 Å². The molecule has 5 nitrogen and oxygen atoms in total. The number of fused-ring (bicyclic) bond motifs is 1. The largest absolute Gasteiger partial charge is 0.508 e. The minimum Gasteiger partial charge on any atom is -0.508 e. The first-order valence-corrected chi connectivity index (χ1v) is 8.57. The average Bonchev–Trinajstić information content (AvgIpc) is 2.97. The first-order valence-electron chi connectivity index (χ1n) is 7.69. The van der Waals surface area contributed by atoms with Crippen molar-refractivity contribution in [3.63, 3.8) is 0 Å². The summed E-state index contributed by atoms with van der Waals surface area (Å²) in [4.78, 5) is 0. The van der Waals surface area contributed by atoms with Crippen LogP contribution < -0.4 is 0 Å². The van der Waals surface area contributed by atoms with E-state index in [2.05, 4.69) is 36.2 Å². The fourth-order valence-corrected chi connectivity index (χ4v) is 3.65. The number of hydrogen-bond donors (Lipinski definition) is 1. The molecule has 0 aliphatic carbocycles. The van der Waals surface area contributed by atoms with Crippen LogP contribution in [-0.4, -0.2) is 30.9 Å². The van der Waals surface area contributed by atoms with E-state index in [1.165, 1.54) is 5.56 Å². The van der Waals surface area contributed by atoms with Crippen molar-refractivity contribution in [2.45, 2.75) is 24.3 Å². The minimum atomic E-state index is 0.164. The Morgan fingerprint density at radius 3 is 2.58 bits per heavy atom. The molecule has 1 atom stereocenters. The molecule has 3 aromatic rings. The van der Waals surface area contributed by atoms with Crippen LogP contribution in [0, 0.1) is 6.92 Å². The zero-order chi connectivity index (χ0) is 16.7. The van der Waals surface area contributed by atoms with Gasteiger partial charge in [0.05, 0.1) is 11.0 Å². The predicted octanol–water partition coefficient (Wildman–Crippen LogP) is 3.71. The van der Waals surface area contributed by atoms with Gasteiger partial charge in [0, 0.05) is 5.56 Å². The Labute approximate surface area is 144 Å². The van der Waals surface area contributed by atoms with E-state index in [0.717, 1.165) is 27.8 Å². The van der Waals surface area contributed by atoms with E-state index in [4.69, 9.17) is 5.10 Å². The van der Waals surface area contributed by atoms with Crippen molar-refractivity contribution < 1.29 is 5.11 Å². The highest BCUT2D eigenvalue weighted by atomic mass is 32.2. The Bertz CT molecular complexity index is 930. The van der Waals surface area contributed by atoms with Crippen LogP contribution in [0.5, 0.6) is 5.75 Å². The fourth-order valence-electron chi connectivity index (χ4n) is 2.72. The monoisotopic (exact) mass is 336 g/mol. The van der Waals surface area contributed by atoms with Gasteiger partial charge in [-0.1, -0.05) is 35.5 Å². The number of aromatic hydroxyl groups is 1. The first-order chi connectivity index (χ1) is 11.6. The molecule has 0 unspecified atom stereocenters. The third kappa shape index (κ3) is 2.59. The Morgan fingerprint density at radius 1 is 1.04 bits per heavy atom. The summed E-state index contributed by atoms with van der Waals surface area (Å²) in [5.41, 5.74) is 4.10. The maximum Gasteiger partial charge on any atom is 0.213 e. The van der Waals surface area contributed by atoms with Gasteiger partial charge in [-0.25, -0.2) is 0 Å². The number of aryl methyl sites for hydroxylation is 1. The Morgan fingerprint density at radius 2 is 1.83 bits per heavy atom. The van der Waals surface area contributed by atoms with Crippen molar-refractivity contribution in [3.8, 4) is 17.1 Å². The lowest BCUT2D eigenvalue weighted by Gasteiger charge is -2.20. The summed E-state index contributed by atoms with van der Waals surface area (Å²) in [6.45, 7) is 4.15. The number of aromatic nitrogens is 3. The van der Waals surface area contributed by atoms with E-state index in [1.807, 2.05) is 28.9 Å². The highest BCUT2D eigenvalue weighted by Gasteiger charge is 2.26. The van der Waals surface area contributed by atoms with Crippen LogP contribution in [0.4, 0.5) is 0 Å². The molecule has 1 aromatic heterocycles. The molecule has 4 rings (SSSR count). The Kier molecular flexibility index (Phi) is 3.61. The lowest BCUT2D eigenvalue weighted by Crippen LogP contribution is -2.21. The average molecular weight is 336 g/mol. The SMILES string of the molecule is Cc1cccc(-c2nnc3n2N=C(c2ccc(O)cc2)[C@H](C)S3)c1. The van der Waals surface area contributed by atoms with E-state index in [0.29, 0.717) is 0 Å². The molecule has 0 bridgehead atoms. The summed E-state index contributed by atoms with van der Waals surface area (Å²) in [6, 6.07) is 15.3. The molecule has 0 saturated carbocycles. The molecule has 1 aliphatic rings. The molecule has 0 saturated heterocycles. The number of phenolic OH excluding ortho intramolecular Hbond substituents is 1. The zero-order valence-electron chi connectivity index (χ0n) is 13.3. The molecule has 0 amide bonds. The van der Waals surface area contributed by atoms with Gasteiger partial charge in [-0.3, -0.25) is 0 Å². The number of benzene rings is 2. The molecule has 6 heteroatoms. The van der Waals surface area contributed by atoms with Crippen LogP contribution in [0.25, 0.3) is 11.4 Å². The minimum absolute atomic E-state index is 0.164. The van der Waals surface area contributed by atoms with Gasteiger partial charge in [0.2, 0.25) is 5.16 Å². The maximum absolute atomic E-state index is 9.49. The lowest BCUT2D eigenvalue weighted by atomic mass is 10.1. The van der Waals surface area contributed by atoms with Crippen molar-refractivity contribution in [3.05, 3.63) is 59.7 Å². The number of nitrogens with zero attached hydrogens (tertiary/aromatic N) is 4. The summed E-state index contributed by atoms with van der Waals surface area (Å²) in [7, 11) is 0. The van der Waals surface area contributed by atoms with Crippen molar-refractivity contribution in [2.75, 3.05) is 0 Å². The molecular weight excluding hydrogens is 320 g/mol. The van der Waals surface area contributed by atoms with E-state index in [1.54, 1.807) is 23.9 Å². The molecule has 0 radical (unpaired) electrons. The van der Waals surface area contributed by atoms with Crippen LogP contribution >= 0.6 is 11.8 Å². The van der Waals surface area contributed by atoms with Crippen molar-refractivity contribution in [1.82, 2.24) is 14.9 Å². The normalized spacial score (nSPS) is 16.6. The van der Waals surface area contributed by atoms with Crippen LogP contribution in [-0.2, 0) is 0 Å². The summed E-state index contributed by atoms with van der Waals surface area (Å²) in [5, 5.41) is 23.9. The predicted molar refractivity (Wildman–Crippen MR) is 95.6 cm³/mol. The summed E-state index contributed by atoms with van der Waals surface area (Å²) >= 11 is 1.63. The standard InChI is InChI=1S/C18H16N4OS/c1-11-4-3-5-14(10-11)17-19-20-18-22(17)21-16(12(2)24-18)13-6-8-15(23)9-7-13/h3-10,12,23H,1-2H3/t12-/m0/s1. The second kappa shape index (κ2) is 5.79. The second-order valence-electron chi connectivity index (χ2n) is 5.78. The first kappa shape index (κ1) is 15.0. The smallest absolute Gasteiger partial charge is 0.213 e. The highest BCUT2D eigenvalue weighted by Crippen LogP contribution is 2.33. The number of rotatable bonds is 2. The molecule has 120 valence electrons. The van der Waals surface area contributed by atoms with Gasteiger partial charge >= 0.3 is 0 Å². The number of thioether (sulfide) groups is 1. The van der Waals surface area contributed by atoms with E-state index in [9.17, 15) is 5.11 Å². The van der Waals surface area contributed by atoms with Crippen LogP contribution in [0.15, 0.2) is 58.8 Å². The molecule has 2 heterocycles. The van der Waals surface area contributed by atoms with Gasteiger partial charge in [0.1, 0.15) is 5.75 Å². The summed E-state index contributed by atoms with van der Waals surface area (Å²) in [6.07, 6.45) is 0. The van der Waals surface area contributed by atoms with Crippen molar-refractivity contribution >= 4 is 17.5 Å². The topological polar surface area (TPSA) is 63.3 Å². The molecule has 1 aliphatic heterocycles. The van der Waals surface area contributed by atoms with Crippen LogP contribution in [0.2, 0.25) is 0 Å². The molecule has 24 heavy (non-hydrogen) atoms. The summed E-state index contributed by atoms with van der Waals surface area (Å²) < 4.78 is 1.81. The Balaban J connectivity index is 1.83.